The average molecular weight is 253 g/mol. The van der Waals surface area contributed by atoms with E-state index in [1.165, 1.54) is 0 Å². The van der Waals surface area contributed by atoms with Crippen molar-refractivity contribution in [2.75, 3.05) is 19.8 Å². The minimum absolute atomic E-state index is 0.354. The van der Waals surface area contributed by atoms with Gasteiger partial charge in [-0.2, -0.15) is 0 Å². The van der Waals surface area contributed by atoms with Gasteiger partial charge in [0.2, 0.25) is 0 Å². The third-order valence-corrected chi connectivity index (χ3v) is 2.44. The topological polar surface area (TPSA) is 44.8 Å². The highest BCUT2D eigenvalue weighted by molar-refractivity contribution is 9.10. The SMILES string of the molecule is CCOC(=O)C(C)(Br)C1OCCO1. The summed E-state index contributed by atoms with van der Waals surface area (Å²) in [6, 6.07) is 0. The smallest absolute Gasteiger partial charge is 0.327 e. The summed E-state index contributed by atoms with van der Waals surface area (Å²) in [5, 5.41) is 0. The molecule has 0 radical (unpaired) electrons. The molecule has 0 spiro atoms. The van der Waals surface area contributed by atoms with E-state index in [0.717, 1.165) is 0 Å². The number of hydrogen-bond acceptors (Lipinski definition) is 4. The van der Waals surface area contributed by atoms with Crippen molar-refractivity contribution < 1.29 is 19.0 Å². The van der Waals surface area contributed by atoms with E-state index in [4.69, 9.17) is 14.2 Å². The maximum atomic E-state index is 11.4. The number of halogens is 1. The van der Waals surface area contributed by atoms with Gasteiger partial charge in [0.15, 0.2) is 10.6 Å². The van der Waals surface area contributed by atoms with Gasteiger partial charge in [-0.15, -0.1) is 0 Å². The lowest BCUT2D eigenvalue weighted by Gasteiger charge is -2.25. The van der Waals surface area contributed by atoms with E-state index in [0.29, 0.717) is 19.8 Å². The Bertz CT molecular complexity index is 187. The zero-order valence-corrected chi connectivity index (χ0v) is 9.30. The molecule has 1 aliphatic heterocycles. The fourth-order valence-corrected chi connectivity index (χ4v) is 1.42. The molecule has 0 saturated carbocycles. The second-order valence-electron chi connectivity index (χ2n) is 2.87. The second kappa shape index (κ2) is 4.39. The Hall–Kier alpha value is -0.130. The van der Waals surface area contributed by atoms with Crippen LogP contribution in [0.1, 0.15) is 13.8 Å². The molecule has 0 aromatic heterocycles. The molecule has 0 bridgehead atoms. The van der Waals surface area contributed by atoms with Gasteiger partial charge in [0, 0.05) is 0 Å². The molecule has 76 valence electrons. The third-order valence-electron chi connectivity index (χ3n) is 1.74. The normalized spacial score (nSPS) is 22.7. The van der Waals surface area contributed by atoms with E-state index in [1.54, 1.807) is 13.8 Å². The van der Waals surface area contributed by atoms with Crippen LogP contribution >= 0.6 is 15.9 Å². The first-order valence-corrected chi connectivity index (χ1v) is 4.97. The Balaban J connectivity index is 2.57. The zero-order chi connectivity index (χ0) is 9.90. The summed E-state index contributed by atoms with van der Waals surface area (Å²) < 4.78 is 14.4. The fraction of sp³-hybridized carbons (Fsp3) is 0.875. The number of rotatable bonds is 3. The van der Waals surface area contributed by atoms with E-state index >= 15 is 0 Å². The Morgan fingerprint density at radius 2 is 2.15 bits per heavy atom. The highest BCUT2D eigenvalue weighted by Gasteiger charge is 2.44. The van der Waals surface area contributed by atoms with Crippen LogP contribution in [0, 0.1) is 0 Å². The van der Waals surface area contributed by atoms with Gasteiger partial charge >= 0.3 is 5.97 Å². The van der Waals surface area contributed by atoms with E-state index in [1.807, 2.05) is 0 Å². The Morgan fingerprint density at radius 3 is 2.62 bits per heavy atom. The molecule has 1 aliphatic rings. The Labute approximate surface area is 85.7 Å². The largest absolute Gasteiger partial charge is 0.465 e. The van der Waals surface area contributed by atoms with Gasteiger partial charge in [-0.1, -0.05) is 15.9 Å². The maximum Gasteiger partial charge on any atom is 0.327 e. The molecule has 0 aromatic carbocycles. The lowest BCUT2D eigenvalue weighted by Crippen LogP contribution is -2.43. The van der Waals surface area contributed by atoms with E-state index < -0.39 is 10.6 Å². The van der Waals surface area contributed by atoms with Gasteiger partial charge in [-0.3, -0.25) is 4.79 Å². The minimum Gasteiger partial charge on any atom is -0.465 e. The van der Waals surface area contributed by atoms with Crippen LogP contribution in [0.4, 0.5) is 0 Å². The quantitative estimate of drug-likeness (QED) is 0.557. The Kier molecular flexibility index (Phi) is 3.70. The lowest BCUT2D eigenvalue weighted by molar-refractivity contribution is -0.156. The molecule has 0 aromatic rings. The van der Waals surface area contributed by atoms with Crippen LogP contribution in [0.15, 0.2) is 0 Å². The minimum atomic E-state index is -0.903. The van der Waals surface area contributed by atoms with Crippen LogP contribution in [0.5, 0.6) is 0 Å². The molecule has 0 aliphatic carbocycles. The van der Waals surface area contributed by atoms with Crippen molar-refractivity contribution in [2.24, 2.45) is 0 Å². The number of carbonyl (C=O) groups excluding carboxylic acids is 1. The van der Waals surface area contributed by atoms with Crippen molar-refractivity contribution in [3.8, 4) is 0 Å². The summed E-state index contributed by atoms with van der Waals surface area (Å²) in [5.41, 5.74) is 0. The summed E-state index contributed by atoms with van der Waals surface area (Å²) in [6.07, 6.45) is -0.549. The first-order chi connectivity index (χ1) is 6.09. The van der Waals surface area contributed by atoms with Crippen LogP contribution in [0.2, 0.25) is 0 Å². The molecule has 4 nitrogen and oxygen atoms in total. The summed E-state index contributed by atoms with van der Waals surface area (Å²) in [6.45, 7) is 4.83. The monoisotopic (exact) mass is 252 g/mol. The molecule has 1 saturated heterocycles. The van der Waals surface area contributed by atoms with Crippen LogP contribution < -0.4 is 0 Å². The van der Waals surface area contributed by atoms with E-state index in [-0.39, 0.29) is 5.97 Å². The molecule has 1 heterocycles. The number of carbonyl (C=O) groups is 1. The highest BCUT2D eigenvalue weighted by atomic mass is 79.9. The van der Waals surface area contributed by atoms with Crippen LogP contribution in [-0.4, -0.2) is 36.4 Å². The molecule has 13 heavy (non-hydrogen) atoms. The van der Waals surface area contributed by atoms with Crippen molar-refractivity contribution >= 4 is 21.9 Å². The number of ether oxygens (including phenoxy) is 3. The predicted octanol–water partition coefficient (Wildman–Crippen LogP) is 1.08. The molecule has 0 N–H and O–H groups in total. The van der Waals surface area contributed by atoms with Gasteiger partial charge in [0.1, 0.15) is 0 Å². The predicted molar refractivity (Wildman–Crippen MR) is 49.7 cm³/mol. The van der Waals surface area contributed by atoms with Crippen molar-refractivity contribution in [3.05, 3.63) is 0 Å². The number of hydrogen-bond donors (Lipinski definition) is 0. The van der Waals surface area contributed by atoms with Gasteiger partial charge < -0.3 is 14.2 Å². The molecule has 1 atom stereocenters. The maximum absolute atomic E-state index is 11.4. The summed E-state index contributed by atoms with van der Waals surface area (Å²) >= 11 is 3.25. The summed E-state index contributed by atoms with van der Waals surface area (Å²) in [4.78, 5) is 11.4. The molecular weight excluding hydrogens is 240 g/mol. The van der Waals surface area contributed by atoms with Crippen molar-refractivity contribution in [3.63, 3.8) is 0 Å². The van der Waals surface area contributed by atoms with Gasteiger partial charge in [-0.25, -0.2) is 0 Å². The van der Waals surface area contributed by atoms with E-state index in [2.05, 4.69) is 15.9 Å². The van der Waals surface area contributed by atoms with Crippen LogP contribution in [-0.2, 0) is 19.0 Å². The standard InChI is InChI=1S/C8H13BrO4/c1-3-11-6(10)8(2,9)7-12-4-5-13-7/h7H,3-5H2,1-2H3. The molecule has 1 unspecified atom stereocenters. The number of alkyl halides is 1. The van der Waals surface area contributed by atoms with Gasteiger partial charge in [0.05, 0.1) is 19.8 Å². The first kappa shape index (κ1) is 10.9. The lowest BCUT2D eigenvalue weighted by atomic mass is 10.2. The van der Waals surface area contributed by atoms with Crippen molar-refractivity contribution in [1.82, 2.24) is 0 Å². The number of esters is 1. The third kappa shape index (κ3) is 2.42. The highest BCUT2D eigenvalue weighted by Crippen LogP contribution is 2.29. The molecule has 0 amide bonds. The van der Waals surface area contributed by atoms with Crippen molar-refractivity contribution in [2.45, 2.75) is 24.5 Å². The van der Waals surface area contributed by atoms with Gasteiger partial charge in [-0.05, 0) is 13.8 Å². The first-order valence-electron chi connectivity index (χ1n) is 4.18. The molecular formula is C8H13BrO4. The Morgan fingerprint density at radius 1 is 1.62 bits per heavy atom. The summed E-state index contributed by atoms with van der Waals surface area (Å²) in [7, 11) is 0. The molecule has 1 fully saturated rings. The van der Waals surface area contributed by atoms with E-state index in [9.17, 15) is 4.79 Å². The van der Waals surface area contributed by atoms with Crippen LogP contribution in [0.25, 0.3) is 0 Å². The fourth-order valence-electron chi connectivity index (χ4n) is 1.04. The van der Waals surface area contributed by atoms with Crippen molar-refractivity contribution in [1.29, 1.82) is 0 Å². The zero-order valence-electron chi connectivity index (χ0n) is 7.71. The van der Waals surface area contributed by atoms with Crippen LogP contribution in [0.3, 0.4) is 0 Å². The molecule has 5 heteroatoms. The van der Waals surface area contributed by atoms with Gasteiger partial charge in [0.25, 0.3) is 0 Å². The average Bonchev–Trinajstić information content (AvgIpc) is 2.56. The second-order valence-corrected chi connectivity index (χ2v) is 4.52. The summed E-state index contributed by atoms with van der Waals surface area (Å²) in [5.74, 6) is -0.359. The molecule has 1 rings (SSSR count).